The first-order chi connectivity index (χ1) is 9.40. The smallest absolute Gasteiger partial charge is 0.0171 e. The molecule has 114 valence electrons. The van der Waals surface area contributed by atoms with E-state index in [1.807, 2.05) is 0 Å². The van der Waals surface area contributed by atoms with E-state index in [0.29, 0.717) is 0 Å². The molecular formula is C20H34. The van der Waals surface area contributed by atoms with Crippen LogP contribution in [0.15, 0.2) is 35.5 Å². The second-order valence-corrected chi connectivity index (χ2v) is 7.20. The van der Waals surface area contributed by atoms with Gasteiger partial charge in [0.05, 0.1) is 0 Å². The zero-order chi connectivity index (χ0) is 15.1. The van der Waals surface area contributed by atoms with Crippen molar-refractivity contribution >= 4 is 0 Å². The van der Waals surface area contributed by atoms with Gasteiger partial charge in [-0.1, -0.05) is 49.3 Å². The van der Waals surface area contributed by atoms with Gasteiger partial charge in [-0.05, 0) is 77.0 Å². The van der Waals surface area contributed by atoms with Crippen LogP contribution in [0.25, 0.3) is 0 Å². The molecule has 2 atom stereocenters. The lowest BCUT2D eigenvalue weighted by Crippen LogP contribution is -2.10. The minimum absolute atomic E-state index is 0.767. The Morgan fingerprint density at radius 2 is 1.60 bits per heavy atom. The number of allylic oxidation sites excluding steroid dienone is 5. The Labute approximate surface area is 127 Å². The summed E-state index contributed by atoms with van der Waals surface area (Å²) in [6.07, 6.45) is 12.7. The van der Waals surface area contributed by atoms with Gasteiger partial charge in [-0.3, -0.25) is 0 Å². The third kappa shape index (κ3) is 6.11. The summed E-state index contributed by atoms with van der Waals surface area (Å²) in [5, 5.41) is 0. The molecule has 0 unspecified atom stereocenters. The van der Waals surface area contributed by atoms with E-state index in [2.05, 4.69) is 53.3 Å². The average Bonchev–Trinajstić information content (AvgIpc) is 2.40. The maximum absolute atomic E-state index is 3.97. The molecule has 20 heavy (non-hydrogen) atoms. The lowest BCUT2D eigenvalue weighted by Gasteiger charge is -2.23. The fourth-order valence-corrected chi connectivity index (χ4v) is 3.00. The largest absolute Gasteiger partial charge is 0.0998 e. The summed E-state index contributed by atoms with van der Waals surface area (Å²) >= 11 is 0. The van der Waals surface area contributed by atoms with Crippen LogP contribution in [-0.2, 0) is 0 Å². The fraction of sp³-hybridized carbons (Fsp3) is 0.700. The Balaban J connectivity index is 0.000000200. The van der Waals surface area contributed by atoms with E-state index in [4.69, 9.17) is 0 Å². The summed E-state index contributed by atoms with van der Waals surface area (Å²) in [7, 11) is 0. The van der Waals surface area contributed by atoms with Crippen molar-refractivity contribution in [2.75, 3.05) is 0 Å². The first-order valence-electron chi connectivity index (χ1n) is 8.36. The van der Waals surface area contributed by atoms with Crippen LogP contribution in [0.1, 0.15) is 73.1 Å². The zero-order valence-electron chi connectivity index (χ0n) is 14.3. The van der Waals surface area contributed by atoms with Crippen LogP contribution in [-0.4, -0.2) is 0 Å². The van der Waals surface area contributed by atoms with E-state index in [1.54, 1.807) is 11.1 Å². The molecule has 0 aliphatic heterocycles. The highest BCUT2D eigenvalue weighted by Gasteiger charge is 2.15. The Morgan fingerprint density at radius 1 is 1.05 bits per heavy atom. The zero-order valence-corrected chi connectivity index (χ0v) is 14.3. The molecule has 0 spiro atoms. The summed E-state index contributed by atoms with van der Waals surface area (Å²) in [6.45, 7) is 15.2. The highest BCUT2D eigenvalue weighted by molar-refractivity contribution is 5.09. The first kappa shape index (κ1) is 17.3. The molecule has 2 rings (SSSR count). The van der Waals surface area contributed by atoms with Crippen LogP contribution < -0.4 is 0 Å². The molecule has 0 amide bonds. The average molecular weight is 274 g/mol. The normalized spacial score (nSPS) is 26.3. The van der Waals surface area contributed by atoms with Crippen molar-refractivity contribution in [2.45, 2.75) is 73.1 Å². The molecule has 0 bridgehead atoms. The molecule has 0 radical (unpaired) electrons. The molecule has 0 nitrogen and oxygen atoms in total. The molecule has 0 N–H and O–H groups in total. The van der Waals surface area contributed by atoms with Gasteiger partial charge < -0.3 is 0 Å². The lowest BCUT2D eigenvalue weighted by molar-refractivity contribution is 0.350. The number of rotatable bonds is 2. The van der Waals surface area contributed by atoms with Crippen LogP contribution >= 0.6 is 0 Å². The third-order valence-corrected chi connectivity index (χ3v) is 4.96. The van der Waals surface area contributed by atoms with Gasteiger partial charge in [0, 0.05) is 0 Å². The summed E-state index contributed by atoms with van der Waals surface area (Å²) in [5.41, 5.74) is 4.50. The summed E-state index contributed by atoms with van der Waals surface area (Å²) in [5.74, 6) is 2.61. The summed E-state index contributed by atoms with van der Waals surface area (Å²) < 4.78 is 0. The van der Waals surface area contributed by atoms with Gasteiger partial charge in [-0.25, -0.2) is 0 Å². The molecule has 0 heteroatoms. The van der Waals surface area contributed by atoms with Crippen molar-refractivity contribution < 1.29 is 0 Å². The molecule has 0 heterocycles. The van der Waals surface area contributed by atoms with Crippen LogP contribution in [0.3, 0.4) is 0 Å². The van der Waals surface area contributed by atoms with E-state index < -0.39 is 0 Å². The predicted octanol–water partition coefficient (Wildman–Crippen LogP) is 6.70. The second kappa shape index (κ2) is 8.49. The minimum Gasteiger partial charge on any atom is -0.0998 e. The Bertz CT molecular complexity index is 367. The molecular weight excluding hydrogens is 240 g/mol. The van der Waals surface area contributed by atoms with Gasteiger partial charge >= 0.3 is 0 Å². The van der Waals surface area contributed by atoms with E-state index in [0.717, 1.165) is 17.8 Å². The van der Waals surface area contributed by atoms with Gasteiger partial charge in [0.1, 0.15) is 0 Å². The standard InChI is InChI=1S/C10H18.C10H16/c2*1-8(2)10-6-4-9(3)5-7-10/h4,8,10H,5-7H2,1-3H3;4,10H,1,5-7H2,2-3H3/t2*10-/m00/s1. The van der Waals surface area contributed by atoms with Gasteiger partial charge in [0.2, 0.25) is 0 Å². The van der Waals surface area contributed by atoms with Gasteiger partial charge in [-0.15, -0.1) is 0 Å². The van der Waals surface area contributed by atoms with Crippen molar-refractivity contribution in [1.29, 1.82) is 0 Å². The minimum atomic E-state index is 0.767. The van der Waals surface area contributed by atoms with Crippen LogP contribution in [0.2, 0.25) is 0 Å². The van der Waals surface area contributed by atoms with Gasteiger partial charge in [-0.2, -0.15) is 0 Å². The fourth-order valence-electron chi connectivity index (χ4n) is 3.00. The third-order valence-electron chi connectivity index (χ3n) is 4.96. The number of hydrogen-bond acceptors (Lipinski definition) is 0. The van der Waals surface area contributed by atoms with E-state index in [-0.39, 0.29) is 0 Å². The summed E-state index contributed by atoms with van der Waals surface area (Å²) in [4.78, 5) is 0. The van der Waals surface area contributed by atoms with Crippen LogP contribution in [0, 0.1) is 17.8 Å². The molecule has 2 aliphatic rings. The maximum Gasteiger partial charge on any atom is -0.0171 e. The SMILES string of the molecule is C=C(C)[C@H]1CC=C(C)CC1.CC1=CC[C@H](C(C)C)CC1. The quantitative estimate of drug-likeness (QED) is 0.492. The maximum atomic E-state index is 3.97. The molecule has 0 aromatic heterocycles. The molecule has 0 aromatic rings. The second-order valence-electron chi connectivity index (χ2n) is 7.20. The van der Waals surface area contributed by atoms with Crippen LogP contribution in [0.5, 0.6) is 0 Å². The lowest BCUT2D eigenvalue weighted by atomic mass is 9.83. The van der Waals surface area contributed by atoms with Crippen molar-refractivity contribution in [2.24, 2.45) is 17.8 Å². The van der Waals surface area contributed by atoms with Gasteiger partial charge in [0.15, 0.2) is 0 Å². The monoisotopic (exact) mass is 274 g/mol. The summed E-state index contributed by atoms with van der Waals surface area (Å²) in [6, 6.07) is 0. The molecule has 2 aliphatic carbocycles. The van der Waals surface area contributed by atoms with Crippen LogP contribution in [0.4, 0.5) is 0 Å². The molecule has 0 fully saturated rings. The first-order valence-corrected chi connectivity index (χ1v) is 8.36. The van der Waals surface area contributed by atoms with Crippen molar-refractivity contribution in [3.05, 3.63) is 35.5 Å². The molecule has 0 saturated carbocycles. The molecule has 0 saturated heterocycles. The van der Waals surface area contributed by atoms with Gasteiger partial charge in [0.25, 0.3) is 0 Å². The number of hydrogen-bond donors (Lipinski definition) is 0. The highest BCUT2D eigenvalue weighted by atomic mass is 14.2. The van der Waals surface area contributed by atoms with E-state index in [9.17, 15) is 0 Å². The van der Waals surface area contributed by atoms with Crippen molar-refractivity contribution in [3.8, 4) is 0 Å². The Hall–Kier alpha value is -0.780. The molecule has 0 aromatic carbocycles. The highest BCUT2D eigenvalue weighted by Crippen LogP contribution is 2.28. The predicted molar refractivity (Wildman–Crippen MR) is 91.8 cm³/mol. The topological polar surface area (TPSA) is 0 Å². The Kier molecular flexibility index (Phi) is 7.34. The van der Waals surface area contributed by atoms with Crippen molar-refractivity contribution in [1.82, 2.24) is 0 Å². The van der Waals surface area contributed by atoms with Crippen molar-refractivity contribution in [3.63, 3.8) is 0 Å². The van der Waals surface area contributed by atoms with E-state index >= 15 is 0 Å². The van der Waals surface area contributed by atoms with E-state index in [1.165, 1.54) is 44.1 Å². The Morgan fingerprint density at radius 3 is 1.95 bits per heavy atom.